The van der Waals surface area contributed by atoms with Gasteiger partial charge in [0.05, 0.1) is 6.42 Å². The van der Waals surface area contributed by atoms with Gasteiger partial charge in [-0.05, 0) is 36.6 Å². The first kappa shape index (κ1) is 18.7. The van der Waals surface area contributed by atoms with E-state index in [-0.39, 0.29) is 5.91 Å². The first-order valence-electron chi connectivity index (χ1n) is 10.0. The number of hydrogen-bond donors (Lipinski definition) is 0. The van der Waals surface area contributed by atoms with Crippen LogP contribution in [0, 0.1) is 6.92 Å². The van der Waals surface area contributed by atoms with E-state index in [2.05, 4.69) is 65.0 Å². The second kappa shape index (κ2) is 8.15. The van der Waals surface area contributed by atoms with E-state index in [0.717, 1.165) is 50.4 Å². The van der Waals surface area contributed by atoms with Crippen molar-refractivity contribution in [3.05, 3.63) is 65.5 Å². The fourth-order valence-corrected chi connectivity index (χ4v) is 3.98. The van der Waals surface area contributed by atoms with Crippen molar-refractivity contribution >= 4 is 16.9 Å². The van der Waals surface area contributed by atoms with Crippen LogP contribution >= 0.6 is 0 Å². The zero-order chi connectivity index (χ0) is 19.5. The lowest BCUT2D eigenvalue weighted by Crippen LogP contribution is -2.49. The Labute approximate surface area is 166 Å². The van der Waals surface area contributed by atoms with Crippen molar-refractivity contribution in [3.63, 3.8) is 0 Å². The van der Waals surface area contributed by atoms with Crippen molar-refractivity contribution in [1.82, 2.24) is 19.4 Å². The molecule has 28 heavy (non-hydrogen) atoms. The zero-order valence-corrected chi connectivity index (χ0v) is 16.8. The molecule has 1 aliphatic heterocycles. The number of rotatable bonds is 5. The fraction of sp³-hybridized carbons (Fsp3) is 0.391. The van der Waals surface area contributed by atoms with Crippen molar-refractivity contribution in [3.8, 4) is 0 Å². The van der Waals surface area contributed by atoms with Gasteiger partial charge in [0, 0.05) is 57.6 Å². The Balaban J connectivity index is 1.28. The molecule has 1 fully saturated rings. The summed E-state index contributed by atoms with van der Waals surface area (Å²) in [6.07, 6.45) is 5.56. The van der Waals surface area contributed by atoms with E-state index in [0.29, 0.717) is 6.42 Å². The van der Waals surface area contributed by atoms with Gasteiger partial charge in [-0.25, -0.2) is 4.98 Å². The Morgan fingerprint density at radius 2 is 1.82 bits per heavy atom. The van der Waals surface area contributed by atoms with Crippen molar-refractivity contribution in [2.45, 2.75) is 19.8 Å². The van der Waals surface area contributed by atoms with Crippen LogP contribution in [-0.4, -0.2) is 58.0 Å². The smallest absolute Gasteiger partial charge is 0.227 e. The van der Waals surface area contributed by atoms with Crippen LogP contribution in [0.3, 0.4) is 0 Å². The topological polar surface area (TPSA) is 41.4 Å². The van der Waals surface area contributed by atoms with E-state index in [9.17, 15) is 4.79 Å². The van der Waals surface area contributed by atoms with Crippen LogP contribution in [0.25, 0.3) is 11.0 Å². The number of amides is 1. The third-order valence-electron chi connectivity index (χ3n) is 5.71. The summed E-state index contributed by atoms with van der Waals surface area (Å²) in [5.74, 6) is 0.239. The molecule has 4 rings (SSSR count). The molecule has 5 heteroatoms. The van der Waals surface area contributed by atoms with Crippen LogP contribution < -0.4 is 0 Å². The quantitative estimate of drug-likeness (QED) is 0.688. The molecule has 1 aliphatic rings. The highest BCUT2D eigenvalue weighted by atomic mass is 16.2. The number of aryl methyl sites for hydroxylation is 2. The van der Waals surface area contributed by atoms with Gasteiger partial charge in [0.2, 0.25) is 5.91 Å². The van der Waals surface area contributed by atoms with Crippen LogP contribution in [0.15, 0.2) is 48.8 Å². The monoisotopic (exact) mass is 376 g/mol. The number of fused-ring (bicyclic) bond motifs is 1. The third-order valence-corrected chi connectivity index (χ3v) is 5.71. The van der Waals surface area contributed by atoms with Gasteiger partial charge >= 0.3 is 0 Å². The van der Waals surface area contributed by atoms with Gasteiger partial charge in [-0.2, -0.15) is 0 Å². The molecule has 146 valence electrons. The van der Waals surface area contributed by atoms with Crippen LogP contribution in [0.1, 0.15) is 16.7 Å². The maximum absolute atomic E-state index is 12.6. The lowest BCUT2D eigenvalue weighted by atomic mass is 10.1. The van der Waals surface area contributed by atoms with Crippen LogP contribution in [0.5, 0.6) is 0 Å². The summed E-state index contributed by atoms with van der Waals surface area (Å²) >= 11 is 0. The highest BCUT2D eigenvalue weighted by Crippen LogP contribution is 2.19. The minimum absolute atomic E-state index is 0.239. The largest absolute Gasteiger partial charge is 0.340 e. The minimum atomic E-state index is 0.239. The van der Waals surface area contributed by atoms with Crippen molar-refractivity contribution in [1.29, 1.82) is 0 Å². The van der Waals surface area contributed by atoms with Gasteiger partial charge in [-0.3, -0.25) is 9.69 Å². The molecule has 0 radical (unpaired) electrons. The summed E-state index contributed by atoms with van der Waals surface area (Å²) in [7, 11) is 2.05. The lowest BCUT2D eigenvalue weighted by Gasteiger charge is -2.34. The molecule has 1 amide bonds. The molecule has 0 spiro atoms. The average Bonchev–Trinajstić information content (AvgIpc) is 3.04. The van der Waals surface area contributed by atoms with Crippen molar-refractivity contribution < 1.29 is 4.79 Å². The predicted octanol–water partition coefficient (Wildman–Crippen LogP) is 2.81. The fourth-order valence-electron chi connectivity index (χ4n) is 3.98. The van der Waals surface area contributed by atoms with Crippen LogP contribution in [0.4, 0.5) is 0 Å². The molecule has 3 aromatic rings. The summed E-state index contributed by atoms with van der Waals surface area (Å²) in [5.41, 5.74) is 4.72. The molecule has 0 unspecified atom stereocenters. The maximum atomic E-state index is 12.6. The summed E-state index contributed by atoms with van der Waals surface area (Å²) in [6.45, 7) is 6.63. The molecule has 0 bridgehead atoms. The number of aromatic nitrogens is 2. The SMILES string of the molecule is Cc1ccc(CC(=O)N2CCN(CCc3cn(C)c4ncccc34)CC2)cc1. The van der Waals surface area contributed by atoms with Crippen LogP contribution in [-0.2, 0) is 24.7 Å². The summed E-state index contributed by atoms with van der Waals surface area (Å²) in [4.78, 5) is 21.5. The molecular formula is C23H28N4O. The first-order valence-corrected chi connectivity index (χ1v) is 10.0. The highest BCUT2D eigenvalue weighted by Gasteiger charge is 2.21. The van der Waals surface area contributed by atoms with Gasteiger partial charge < -0.3 is 9.47 Å². The van der Waals surface area contributed by atoms with E-state index in [1.165, 1.54) is 16.5 Å². The number of pyridine rings is 1. The molecule has 2 aromatic heterocycles. The Morgan fingerprint density at radius 1 is 1.07 bits per heavy atom. The molecule has 0 atom stereocenters. The second-order valence-corrected chi connectivity index (χ2v) is 7.77. The summed E-state index contributed by atoms with van der Waals surface area (Å²) in [5, 5.41) is 1.25. The minimum Gasteiger partial charge on any atom is -0.340 e. The molecule has 5 nitrogen and oxygen atoms in total. The number of carbonyl (C=O) groups is 1. The van der Waals surface area contributed by atoms with Crippen LogP contribution in [0.2, 0.25) is 0 Å². The van der Waals surface area contributed by atoms with Gasteiger partial charge in [-0.15, -0.1) is 0 Å². The molecule has 1 saturated heterocycles. The highest BCUT2D eigenvalue weighted by molar-refractivity contribution is 5.80. The number of piperazine rings is 1. The average molecular weight is 377 g/mol. The second-order valence-electron chi connectivity index (χ2n) is 7.77. The number of benzene rings is 1. The Kier molecular flexibility index (Phi) is 5.44. The Hall–Kier alpha value is -2.66. The number of nitrogens with zero attached hydrogens (tertiary/aromatic N) is 4. The molecule has 0 aliphatic carbocycles. The maximum Gasteiger partial charge on any atom is 0.227 e. The van der Waals surface area contributed by atoms with Crippen molar-refractivity contribution in [2.75, 3.05) is 32.7 Å². The predicted molar refractivity (Wildman–Crippen MR) is 112 cm³/mol. The van der Waals surface area contributed by atoms with Gasteiger partial charge in [0.1, 0.15) is 5.65 Å². The van der Waals surface area contributed by atoms with Gasteiger partial charge in [0.25, 0.3) is 0 Å². The summed E-state index contributed by atoms with van der Waals surface area (Å²) in [6, 6.07) is 12.4. The summed E-state index contributed by atoms with van der Waals surface area (Å²) < 4.78 is 2.10. The van der Waals surface area contributed by atoms with Crippen molar-refractivity contribution in [2.24, 2.45) is 7.05 Å². The third kappa shape index (κ3) is 4.09. The molecule has 0 N–H and O–H groups in total. The van der Waals surface area contributed by atoms with Gasteiger partial charge in [-0.1, -0.05) is 29.8 Å². The lowest BCUT2D eigenvalue weighted by molar-refractivity contribution is -0.132. The van der Waals surface area contributed by atoms with E-state index < -0.39 is 0 Å². The Morgan fingerprint density at radius 3 is 2.57 bits per heavy atom. The number of hydrogen-bond acceptors (Lipinski definition) is 3. The molecule has 3 heterocycles. The van der Waals surface area contributed by atoms with E-state index >= 15 is 0 Å². The van der Waals surface area contributed by atoms with E-state index in [4.69, 9.17) is 0 Å². The standard InChI is InChI=1S/C23H28N4O/c1-18-5-7-19(8-6-18)16-22(28)27-14-12-26(13-15-27)11-9-20-17-25(2)23-21(20)4-3-10-24-23/h3-8,10,17H,9,11-16H2,1-2H3. The van der Waals surface area contributed by atoms with E-state index in [1.807, 2.05) is 17.2 Å². The molecular weight excluding hydrogens is 348 g/mol. The number of carbonyl (C=O) groups excluding carboxylic acids is 1. The van der Waals surface area contributed by atoms with E-state index in [1.54, 1.807) is 0 Å². The zero-order valence-electron chi connectivity index (χ0n) is 16.8. The Bertz CT molecular complexity index is 952. The first-order chi connectivity index (χ1) is 13.6. The van der Waals surface area contributed by atoms with Gasteiger partial charge in [0.15, 0.2) is 0 Å². The normalized spacial score (nSPS) is 15.3. The molecule has 0 saturated carbocycles. The molecule has 1 aromatic carbocycles.